The van der Waals surface area contributed by atoms with E-state index in [0.29, 0.717) is 22.6 Å². The van der Waals surface area contributed by atoms with Crippen molar-refractivity contribution in [2.75, 3.05) is 13.4 Å². The molecule has 1 atom stereocenters. The van der Waals surface area contributed by atoms with E-state index in [-0.39, 0.29) is 11.5 Å². The summed E-state index contributed by atoms with van der Waals surface area (Å²) in [6.45, 7) is 1.67. The lowest BCUT2D eigenvalue weighted by Gasteiger charge is -2.13. The number of sulfone groups is 1. The molecule has 7 nitrogen and oxygen atoms in total. The van der Waals surface area contributed by atoms with Gasteiger partial charge in [-0.1, -0.05) is 71.9 Å². The normalized spacial score (nSPS) is 12.3. The maximum absolute atomic E-state index is 13.1. The van der Waals surface area contributed by atoms with E-state index in [1.807, 2.05) is 66.7 Å². The van der Waals surface area contributed by atoms with Gasteiger partial charge < -0.3 is 14.0 Å². The number of esters is 1. The zero-order valence-electron chi connectivity index (χ0n) is 21.7. The highest BCUT2D eigenvalue weighted by molar-refractivity contribution is 7.90. The van der Waals surface area contributed by atoms with Gasteiger partial charge in [0, 0.05) is 11.8 Å². The van der Waals surface area contributed by atoms with Gasteiger partial charge in [0.25, 0.3) is 0 Å². The molecule has 0 aliphatic carbocycles. The van der Waals surface area contributed by atoms with Crippen molar-refractivity contribution in [3.05, 3.63) is 102 Å². The molecule has 198 valence electrons. The van der Waals surface area contributed by atoms with Crippen LogP contribution in [0.1, 0.15) is 24.2 Å². The second kappa shape index (κ2) is 10.7. The lowest BCUT2D eigenvalue weighted by molar-refractivity contribution is -0.147. The van der Waals surface area contributed by atoms with Crippen molar-refractivity contribution < 1.29 is 27.2 Å². The van der Waals surface area contributed by atoms with Crippen LogP contribution in [-0.2, 0) is 26.0 Å². The van der Waals surface area contributed by atoms with Gasteiger partial charge in [-0.2, -0.15) is 0 Å². The van der Waals surface area contributed by atoms with Crippen LogP contribution in [0.15, 0.2) is 100 Å². The molecule has 1 aromatic heterocycles. The van der Waals surface area contributed by atoms with Gasteiger partial charge in [0.2, 0.25) is 0 Å². The average molecular weight is 542 g/mol. The number of fused-ring (bicyclic) bond motifs is 1. The molecular weight excluding hydrogens is 514 g/mol. The monoisotopic (exact) mass is 541 g/mol. The van der Waals surface area contributed by atoms with Gasteiger partial charge in [-0.15, -0.1) is 0 Å². The first-order chi connectivity index (χ1) is 18.7. The standard InChI is InChI=1S/C31H27NO6S/c1-20(23-9-10-25-18-26(36-2)14-11-24(25)17-23)31(33)37-19-28-29(21-12-15-27(16-13-21)39(3,34)35)30(32-38-28)22-7-5-4-6-8-22/h4-18,20H,19H2,1-3H3. The van der Waals surface area contributed by atoms with Gasteiger partial charge in [-0.25, -0.2) is 8.42 Å². The summed E-state index contributed by atoms with van der Waals surface area (Å²) in [6.07, 6.45) is 1.16. The number of ether oxygens (including phenoxy) is 2. The third-order valence-electron chi connectivity index (χ3n) is 6.65. The molecule has 0 spiro atoms. The van der Waals surface area contributed by atoms with Crippen molar-refractivity contribution in [1.29, 1.82) is 0 Å². The minimum Gasteiger partial charge on any atom is -0.497 e. The summed E-state index contributed by atoms with van der Waals surface area (Å²) in [6, 6.07) is 27.6. The molecule has 4 aromatic carbocycles. The Kier molecular flexibility index (Phi) is 7.21. The van der Waals surface area contributed by atoms with Crippen molar-refractivity contribution >= 4 is 26.6 Å². The van der Waals surface area contributed by atoms with Crippen LogP contribution in [0.25, 0.3) is 33.2 Å². The van der Waals surface area contributed by atoms with Crippen molar-refractivity contribution in [2.24, 2.45) is 0 Å². The van der Waals surface area contributed by atoms with Crippen LogP contribution in [0.4, 0.5) is 0 Å². The zero-order chi connectivity index (χ0) is 27.6. The van der Waals surface area contributed by atoms with Crippen LogP contribution in [0.3, 0.4) is 0 Å². The minimum atomic E-state index is -3.35. The topological polar surface area (TPSA) is 95.7 Å². The zero-order valence-corrected chi connectivity index (χ0v) is 22.6. The van der Waals surface area contributed by atoms with Crippen LogP contribution < -0.4 is 4.74 Å². The molecule has 0 N–H and O–H groups in total. The number of nitrogens with zero attached hydrogens (tertiary/aromatic N) is 1. The summed E-state index contributed by atoms with van der Waals surface area (Å²) < 4.78 is 40.5. The van der Waals surface area contributed by atoms with Gasteiger partial charge >= 0.3 is 5.97 Å². The molecule has 0 saturated heterocycles. The highest BCUT2D eigenvalue weighted by atomic mass is 32.2. The quantitative estimate of drug-likeness (QED) is 0.209. The first-order valence-corrected chi connectivity index (χ1v) is 14.2. The van der Waals surface area contributed by atoms with Crippen molar-refractivity contribution in [1.82, 2.24) is 5.16 Å². The Morgan fingerprint density at radius 1 is 0.897 bits per heavy atom. The lowest BCUT2D eigenvalue weighted by Crippen LogP contribution is -2.13. The molecule has 0 amide bonds. The van der Waals surface area contributed by atoms with Gasteiger partial charge in [-0.3, -0.25) is 4.79 Å². The molecule has 5 aromatic rings. The Morgan fingerprint density at radius 3 is 2.28 bits per heavy atom. The van der Waals surface area contributed by atoms with Crippen molar-refractivity contribution in [3.63, 3.8) is 0 Å². The number of hydrogen-bond donors (Lipinski definition) is 0. The summed E-state index contributed by atoms with van der Waals surface area (Å²) in [5, 5.41) is 6.28. The fourth-order valence-electron chi connectivity index (χ4n) is 4.42. The van der Waals surface area contributed by atoms with E-state index < -0.39 is 21.7 Å². The van der Waals surface area contributed by atoms with Crippen molar-refractivity contribution in [2.45, 2.75) is 24.3 Å². The molecule has 0 radical (unpaired) electrons. The number of aromatic nitrogens is 1. The molecule has 0 aliphatic heterocycles. The molecule has 1 heterocycles. The van der Waals surface area contributed by atoms with E-state index in [2.05, 4.69) is 5.16 Å². The van der Waals surface area contributed by atoms with Gasteiger partial charge in [0.05, 0.1) is 23.5 Å². The summed E-state index contributed by atoms with van der Waals surface area (Å²) in [4.78, 5) is 13.3. The summed E-state index contributed by atoms with van der Waals surface area (Å²) in [5.74, 6) is 0.225. The molecule has 0 saturated carbocycles. The third-order valence-corrected chi connectivity index (χ3v) is 7.78. The Balaban J connectivity index is 1.41. The van der Waals surface area contributed by atoms with Crippen LogP contribution in [0.5, 0.6) is 5.75 Å². The van der Waals surface area contributed by atoms with E-state index in [1.54, 1.807) is 38.3 Å². The fourth-order valence-corrected chi connectivity index (χ4v) is 5.05. The second-order valence-corrected chi connectivity index (χ2v) is 11.3. The van der Waals surface area contributed by atoms with E-state index in [9.17, 15) is 13.2 Å². The highest BCUT2D eigenvalue weighted by Crippen LogP contribution is 2.36. The minimum absolute atomic E-state index is 0.128. The second-order valence-electron chi connectivity index (χ2n) is 9.29. The number of carbonyl (C=O) groups excluding carboxylic acids is 1. The fraction of sp³-hybridized carbons (Fsp3) is 0.161. The Labute approximate surface area is 226 Å². The molecule has 0 fully saturated rings. The first kappa shape index (κ1) is 26.2. The van der Waals surface area contributed by atoms with E-state index in [1.165, 1.54) is 0 Å². The average Bonchev–Trinajstić information content (AvgIpc) is 3.39. The third kappa shape index (κ3) is 5.56. The molecule has 5 rings (SSSR count). The summed E-state index contributed by atoms with van der Waals surface area (Å²) >= 11 is 0. The number of rotatable bonds is 8. The Bertz CT molecular complexity index is 1740. The van der Waals surface area contributed by atoms with E-state index in [0.717, 1.165) is 33.9 Å². The van der Waals surface area contributed by atoms with Crippen LogP contribution in [0, 0.1) is 0 Å². The molecule has 39 heavy (non-hydrogen) atoms. The molecule has 0 aliphatic rings. The smallest absolute Gasteiger partial charge is 0.313 e. The first-order valence-electron chi connectivity index (χ1n) is 12.3. The van der Waals surface area contributed by atoms with Crippen LogP contribution >= 0.6 is 0 Å². The molecular formula is C31H27NO6S. The maximum atomic E-state index is 13.1. The van der Waals surface area contributed by atoms with Gasteiger partial charge in [0.15, 0.2) is 22.2 Å². The van der Waals surface area contributed by atoms with E-state index in [4.69, 9.17) is 14.0 Å². The predicted octanol–water partition coefficient (Wildman–Crippen LogP) is 6.42. The van der Waals surface area contributed by atoms with Crippen LogP contribution in [0.2, 0.25) is 0 Å². The number of carbonyl (C=O) groups is 1. The lowest BCUT2D eigenvalue weighted by atomic mass is 9.97. The molecule has 8 heteroatoms. The van der Waals surface area contributed by atoms with Gasteiger partial charge in [0.1, 0.15) is 11.4 Å². The SMILES string of the molecule is COc1ccc2cc(C(C)C(=O)OCc3onc(-c4ccccc4)c3-c3ccc(S(C)(=O)=O)cc3)ccc2c1. The predicted molar refractivity (Wildman–Crippen MR) is 149 cm³/mol. The highest BCUT2D eigenvalue weighted by Gasteiger charge is 2.23. The summed E-state index contributed by atoms with van der Waals surface area (Å²) in [7, 11) is -1.72. The largest absolute Gasteiger partial charge is 0.497 e. The number of hydrogen-bond acceptors (Lipinski definition) is 7. The van der Waals surface area contributed by atoms with Gasteiger partial charge in [-0.05, 0) is 53.1 Å². The molecule has 0 bridgehead atoms. The number of methoxy groups -OCH3 is 1. The summed E-state index contributed by atoms with van der Waals surface area (Å²) in [5.41, 5.74) is 3.57. The van der Waals surface area contributed by atoms with E-state index >= 15 is 0 Å². The van der Waals surface area contributed by atoms with Crippen LogP contribution in [-0.4, -0.2) is 32.9 Å². The maximum Gasteiger partial charge on any atom is 0.313 e. The van der Waals surface area contributed by atoms with Crippen molar-refractivity contribution in [3.8, 4) is 28.1 Å². The Hall–Kier alpha value is -4.43. The molecule has 1 unspecified atom stereocenters. The number of benzene rings is 4. The Morgan fingerprint density at radius 2 is 1.59 bits per heavy atom.